The molecule has 4 nitrogen and oxygen atoms in total. The van der Waals surface area contributed by atoms with Crippen LogP contribution in [0.15, 0.2) is 18.2 Å². The van der Waals surface area contributed by atoms with Gasteiger partial charge in [-0.05, 0) is 50.4 Å². The smallest absolute Gasteiger partial charge is 0.161 e. The largest absolute Gasteiger partial charge is 0.486 e. The second-order valence-electron chi connectivity index (χ2n) is 5.96. The molecule has 0 aromatic heterocycles. The van der Waals surface area contributed by atoms with Crippen molar-refractivity contribution in [2.45, 2.75) is 32.4 Å². The first-order valence-electron chi connectivity index (χ1n) is 7.54. The third-order valence-corrected chi connectivity index (χ3v) is 4.59. The van der Waals surface area contributed by atoms with Crippen molar-refractivity contribution in [3.05, 3.63) is 23.8 Å². The summed E-state index contributed by atoms with van der Waals surface area (Å²) in [5.41, 5.74) is 7.12. The van der Waals surface area contributed by atoms with Gasteiger partial charge in [-0.15, -0.1) is 0 Å². The van der Waals surface area contributed by atoms with Crippen molar-refractivity contribution < 1.29 is 9.47 Å². The fraction of sp³-hybridized carbons (Fsp3) is 0.625. The molecule has 4 heteroatoms. The normalized spacial score (nSPS) is 27.6. The zero-order valence-electron chi connectivity index (χ0n) is 12.3. The van der Waals surface area contributed by atoms with Crippen LogP contribution in [-0.4, -0.2) is 37.2 Å². The zero-order chi connectivity index (χ0) is 14.1. The summed E-state index contributed by atoms with van der Waals surface area (Å²) in [6.45, 7) is 7.72. The van der Waals surface area contributed by atoms with Gasteiger partial charge >= 0.3 is 0 Å². The summed E-state index contributed by atoms with van der Waals surface area (Å²) < 4.78 is 11.3. The van der Waals surface area contributed by atoms with Crippen LogP contribution in [0.3, 0.4) is 0 Å². The molecule has 2 heterocycles. The fourth-order valence-corrected chi connectivity index (χ4v) is 3.39. The van der Waals surface area contributed by atoms with Crippen molar-refractivity contribution >= 4 is 0 Å². The number of nitrogens with zero attached hydrogens (tertiary/aromatic N) is 1. The second kappa shape index (κ2) is 5.62. The molecule has 0 saturated carbocycles. The lowest BCUT2D eigenvalue weighted by Crippen LogP contribution is -2.31. The van der Waals surface area contributed by atoms with E-state index in [1.165, 1.54) is 12.0 Å². The topological polar surface area (TPSA) is 47.7 Å². The molecule has 3 unspecified atom stereocenters. The van der Waals surface area contributed by atoms with Crippen LogP contribution in [0.4, 0.5) is 0 Å². The van der Waals surface area contributed by atoms with Gasteiger partial charge in [0.05, 0.1) is 0 Å². The van der Waals surface area contributed by atoms with Gasteiger partial charge in [-0.25, -0.2) is 0 Å². The summed E-state index contributed by atoms with van der Waals surface area (Å²) in [4.78, 5) is 2.54. The van der Waals surface area contributed by atoms with Gasteiger partial charge in [-0.3, -0.25) is 4.90 Å². The van der Waals surface area contributed by atoms with Crippen LogP contribution in [0.5, 0.6) is 11.5 Å². The predicted octanol–water partition coefficient (Wildman–Crippen LogP) is 2.19. The minimum absolute atomic E-state index is 0.386. The highest BCUT2D eigenvalue weighted by Crippen LogP contribution is 2.36. The summed E-state index contributed by atoms with van der Waals surface area (Å²) in [7, 11) is 0. The molecule has 20 heavy (non-hydrogen) atoms. The van der Waals surface area contributed by atoms with Crippen molar-refractivity contribution in [1.82, 2.24) is 4.90 Å². The van der Waals surface area contributed by atoms with Crippen LogP contribution in [-0.2, 0) is 0 Å². The molecule has 0 aliphatic carbocycles. The van der Waals surface area contributed by atoms with Gasteiger partial charge in [-0.1, -0.05) is 6.07 Å². The zero-order valence-corrected chi connectivity index (χ0v) is 12.3. The van der Waals surface area contributed by atoms with E-state index in [0.29, 0.717) is 31.2 Å². The van der Waals surface area contributed by atoms with Gasteiger partial charge < -0.3 is 15.2 Å². The van der Waals surface area contributed by atoms with Crippen LogP contribution in [0.1, 0.15) is 31.9 Å². The first-order valence-corrected chi connectivity index (χ1v) is 7.54. The summed E-state index contributed by atoms with van der Waals surface area (Å²) in [6, 6.07) is 7.29. The number of nitrogens with two attached hydrogens (primary N) is 1. The molecule has 1 saturated heterocycles. The van der Waals surface area contributed by atoms with E-state index in [1.807, 2.05) is 6.07 Å². The summed E-state index contributed by atoms with van der Waals surface area (Å²) in [5.74, 6) is 2.37. The Morgan fingerprint density at radius 3 is 2.75 bits per heavy atom. The molecule has 110 valence electrons. The van der Waals surface area contributed by atoms with Crippen LogP contribution in [0.2, 0.25) is 0 Å². The lowest BCUT2D eigenvalue weighted by Gasteiger charge is -2.30. The van der Waals surface area contributed by atoms with Crippen molar-refractivity contribution in [1.29, 1.82) is 0 Å². The Bertz CT molecular complexity index is 478. The molecule has 1 aromatic rings. The number of likely N-dealkylation sites (tertiary alicyclic amines) is 1. The first kappa shape index (κ1) is 13.7. The maximum atomic E-state index is 5.83. The number of benzene rings is 1. The maximum Gasteiger partial charge on any atom is 0.161 e. The standard InChI is InChI=1S/C16H24N2O2/c1-11-7-13(9-17)10-18(11)12(2)14-3-4-15-16(8-14)20-6-5-19-15/h3-4,8,11-13H,5-7,9-10,17H2,1-2H3. The lowest BCUT2D eigenvalue weighted by atomic mass is 10.1. The lowest BCUT2D eigenvalue weighted by molar-refractivity contribution is 0.169. The van der Waals surface area contributed by atoms with Crippen molar-refractivity contribution in [2.75, 3.05) is 26.3 Å². The summed E-state index contributed by atoms with van der Waals surface area (Å²) in [5, 5.41) is 0. The van der Waals surface area contributed by atoms with E-state index in [-0.39, 0.29) is 0 Å². The molecule has 0 amide bonds. The van der Waals surface area contributed by atoms with Gasteiger partial charge in [0.15, 0.2) is 11.5 Å². The van der Waals surface area contributed by atoms with Crippen molar-refractivity contribution in [3.8, 4) is 11.5 Å². The highest BCUT2D eigenvalue weighted by Gasteiger charge is 2.32. The predicted molar refractivity (Wildman–Crippen MR) is 79.2 cm³/mol. The van der Waals surface area contributed by atoms with Gasteiger partial charge in [-0.2, -0.15) is 0 Å². The van der Waals surface area contributed by atoms with Crippen LogP contribution in [0, 0.1) is 5.92 Å². The van der Waals surface area contributed by atoms with Gasteiger partial charge in [0.1, 0.15) is 13.2 Å². The first-order chi connectivity index (χ1) is 9.69. The molecule has 1 aromatic carbocycles. The quantitative estimate of drug-likeness (QED) is 0.919. The molecule has 2 N–H and O–H groups in total. The van der Waals surface area contributed by atoms with Crippen LogP contribution >= 0.6 is 0 Å². The van der Waals surface area contributed by atoms with Gasteiger partial charge in [0.25, 0.3) is 0 Å². The van der Waals surface area contributed by atoms with Crippen LogP contribution < -0.4 is 15.2 Å². The highest BCUT2D eigenvalue weighted by atomic mass is 16.6. The van der Waals surface area contributed by atoms with Gasteiger partial charge in [0, 0.05) is 18.6 Å². The maximum absolute atomic E-state index is 5.83. The van der Waals surface area contributed by atoms with Crippen LogP contribution in [0.25, 0.3) is 0 Å². The van der Waals surface area contributed by atoms with E-state index >= 15 is 0 Å². The Labute approximate surface area is 120 Å². The summed E-state index contributed by atoms with van der Waals surface area (Å²) in [6.07, 6.45) is 1.20. The molecule has 0 bridgehead atoms. The molecule has 2 aliphatic rings. The highest BCUT2D eigenvalue weighted by molar-refractivity contribution is 5.44. The Kier molecular flexibility index (Phi) is 3.85. The number of hydrogen-bond acceptors (Lipinski definition) is 4. The molecular weight excluding hydrogens is 252 g/mol. The average molecular weight is 276 g/mol. The average Bonchev–Trinajstić information content (AvgIpc) is 2.87. The third-order valence-electron chi connectivity index (χ3n) is 4.59. The Balaban J connectivity index is 1.78. The molecule has 2 aliphatic heterocycles. The SMILES string of the molecule is CC1CC(CN)CN1C(C)c1ccc2c(c1)OCCO2. The third kappa shape index (κ3) is 2.50. The number of hydrogen-bond donors (Lipinski definition) is 1. The number of fused-ring (bicyclic) bond motifs is 1. The molecule has 0 spiro atoms. The van der Waals surface area contributed by atoms with Crippen molar-refractivity contribution in [3.63, 3.8) is 0 Å². The Morgan fingerprint density at radius 1 is 1.30 bits per heavy atom. The minimum atomic E-state index is 0.386. The monoisotopic (exact) mass is 276 g/mol. The minimum Gasteiger partial charge on any atom is -0.486 e. The van der Waals surface area contributed by atoms with E-state index in [0.717, 1.165) is 24.6 Å². The fourth-order valence-electron chi connectivity index (χ4n) is 3.39. The molecule has 1 fully saturated rings. The second-order valence-corrected chi connectivity index (χ2v) is 5.96. The number of ether oxygens (including phenoxy) is 2. The Hall–Kier alpha value is -1.26. The van der Waals surface area contributed by atoms with E-state index in [9.17, 15) is 0 Å². The molecular formula is C16H24N2O2. The number of rotatable bonds is 3. The molecule has 3 atom stereocenters. The van der Waals surface area contributed by atoms with E-state index in [2.05, 4.69) is 30.9 Å². The molecule has 0 radical (unpaired) electrons. The van der Waals surface area contributed by atoms with E-state index in [4.69, 9.17) is 15.2 Å². The molecule has 3 rings (SSSR count). The van der Waals surface area contributed by atoms with E-state index in [1.54, 1.807) is 0 Å². The Morgan fingerprint density at radius 2 is 2.05 bits per heavy atom. The van der Waals surface area contributed by atoms with E-state index < -0.39 is 0 Å². The van der Waals surface area contributed by atoms with Crippen molar-refractivity contribution in [2.24, 2.45) is 11.7 Å². The summed E-state index contributed by atoms with van der Waals surface area (Å²) >= 11 is 0. The van der Waals surface area contributed by atoms with Gasteiger partial charge in [0.2, 0.25) is 0 Å².